The minimum absolute atomic E-state index is 0.255. The molecule has 2 aliphatic heterocycles. The van der Waals surface area contributed by atoms with Crippen molar-refractivity contribution in [1.82, 2.24) is 9.80 Å². The molecule has 1 aromatic rings. The van der Waals surface area contributed by atoms with Gasteiger partial charge in [-0.15, -0.1) is 0 Å². The Morgan fingerprint density at radius 2 is 1.86 bits per heavy atom. The van der Waals surface area contributed by atoms with Gasteiger partial charge in [-0.05, 0) is 66.7 Å². The van der Waals surface area contributed by atoms with Crippen LogP contribution in [0.3, 0.4) is 0 Å². The zero-order valence-electron chi connectivity index (χ0n) is 13.3. The molecule has 0 unspecified atom stereocenters. The lowest BCUT2D eigenvalue weighted by Gasteiger charge is -2.51. The number of hydrogen-bond donors (Lipinski definition) is 2. The quantitative estimate of drug-likeness (QED) is 0.864. The lowest BCUT2D eigenvalue weighted by atomic mass is 9.64. The highest BCUT2D eigenvalue weighted by Crippen LogP contribution is 2.45. The Morgan fingerprint density at radius 3 is 2.45 bits per heavy atom. The van der Waals surface area contributed by atoms with E-state index >= 15 is 0 Å². The summed E-state index contributed by atoms with van der Waals surface area (Å²) in [5, 5.41) is 23.4. The van der Waals surface area contributed by atoms with Crippen molar-refractivity contribution in [3.63, 3.8) is 0 Å². The molecule has 1 aromatic heterocycles. The third-order valence-corrected chi connectivity index (χ3v) is 6.48. The molecule has 22 heavy (non-hydrogen) atoms. The van der Waals surface area contributed by atoms with Gasteiger partial charge in [0.25, 0.3) is 0 Å². The zero-order chi connectivity index (χ0) is 15.4. The molecule has 3 heterocycles. The molecule has 0 saturated carbocycles. The SMILES string of the molecule is OCCN1CCC2(CC1)CCN(Cc1ccsc1)C[C@@H]2CO. The van der Waals surface area contributed by atoms with Crippen molar-refractivity contribution >= 4 is 11.3 Å². The molecule has 0 aliphatic carbocycles. The van der Waals surface area contributed by atoms with Crippen molar-refractivity contribution in [2.75, 3.05) is 45.9 Å². The first-order chi connectivity index (χ1) is 10.8. The zero-order valence-corrected chi connectivity index (χ0v) is 14.1. The number of β-amino-alcohol motifs (C(OH)–C–C–N with tert-alkyl or cyclic N) is 1. The molecule has 124 valence electrons. The molecular weight excluding hydrogens is 296 g/mol. The molecule has 2 N–H and O–H groups in total. The average molecular weight is 324 g/mol. The highest BCUT2D eigenvalue weighted by molar-refractivity contribution is 7.07. The summed E-state index contributed by atoms with van der Waals surface area (Å²) in [6, 6.07) is 2.20. The molecule has 0 radical (unpaired) electrons. The minimum atomic E-state index is 0.255. The molecule has 2 saturated heterocycles. The van der Waals surface area contributed by atoms with E-state index in [-0.39, 0.29) is 6.61 Å². The van der Waals surface area contributed by atoms with Crippen molar-refractivity contribution in [3.8, 4) is 0 Å². The van der Waals surface area contributed by atoms with E-state index in [2.05, 4.69) is 26.6 Å². The van der Waals surface area contributed by atoms with E-state index in [0.29, 0.717) is 17.9 Å². The molecule has 0 bridgehead atoms. The summed E-state index contributed by atoms with van der Waals surface area (Å²) >= 11 is 1.76. The molecule has 2 aliphatic rings. The van der Waals surface area contributed by atoms with Crippen molar-refractivity contribution < 1.29 is 10.2 Å². The van der Waals surface area contributed by atoms with Crippen LogP contribution in [0, 0.1) is 11.3 Å². The van der Waals surface area contributed by atoms with Gasteiger partial charge in [-0.3, -0.25) is 4.90 Å². The molecule has 4 nitrogen and oxygen atoms in total. The first kappa shape index (κ1) is 16.4. The maximum Gasteiger partial charge on any atom is 0.0558 e. The predicted octanol–water partition coefficient (Wildman–Crippen LogP) is 1.64. The van der Waals surface area contributed by atoms with Gasteiger partial charge in [-0.25, -0.2) is 0 Å². The monoisotopic (exact) mass is 324 g/mol. The fourth-order valence-corrected chi connectivity index (χ4v) is 4.90. The van der Waals surface area contributed by atoms with Crippen molar-refractivity contribution in [3.05, 3.63) is 22.4 Å². The number of thiophene rings is 1. The molecule has 5 heteroatoms. The lowest BCUT2D eigenvalue weighted by Crippen LogP contribution is -2.53. The second-order valence-electron chi connectivity index (χ2n) is 6.92. The molecule has 2 fully saturated rings. The summed E-state index contributed by atoms with van der Waals surface area (Å²) in [7, 11) is 0. The Morgan fingerprint density at radius 1 is 1.14 bits per heavy atom. The largest absolute Gasteiger partial charge is 0.396 e. The Hall–Kier alpha value is -0.460. The van der Waals surface area contributed by atoms with Gasteiger partial charge in [-0.2, -0.15) is 11.3 Å². The van der Waals surface area contributed by atoms with Crippen molar-refractivity contribution in [2.45, 2.75) is 25.8 Å². The Balaban J connectivity index is 1.58. The number of piperidine rings is 2. The highest BCUT2D eigenvalue weighted by atomic mass is 32.1. The summed E-state index contributed by atoms with van der Waals surface area (Å²) in [5.74, 6) is 0.399. The van der Waals surface area contributed by atoms with E-state index in [1.165, 1.54) is 24.8 Å². The maximum absolute atomic E-state index is 9.94. The van der Waals surface area contributed by atoms with Gasteiger partial charge in [0, 0.05) is 32.2 Å². The predicted molar refractivity (Wildman–Crippen MR) is 90.0 cm³/mol. The number of likely N-dealkylation sites (tertiary alicyclic amines) is 2. The molecular formula is C17H28N2O2S. The molecule has 0 aromatic carbocycles. The van der Waals surface area contributed by atoms with Crippen LogP contribution < -0.4 is 0 Å². The van der Waals surface area contributed by atoms with Crippen LogP contribution in [0.25, 0.3) is 0 Å². The van der Waals surface area contributed by atoms with E-state index in [0.717, 1.165) is 39.3 Å². The van der Waals surface area contributed by atoms with Crippen LogP contribution in [-0.2, 0) is 6.54 Å². The van der Waals surface area contributed by atoms with Crippen LogP contribution in [0.1, 0.15) is 24.8 Å². The number of rotatable bonds is 5. The molecule has 3 rings (SSSR count). The Labute approximate surface area is 137 Å². The third-order valence-electron chi connectivity index (χ3n) is 5.75. The average Bonchev–Trinajstić information content (AvgIpc) is 3.05. The fourth-order valence-electron chi connectivity index (χ4n) is 4.24. The van der Waals surface area contributed by atoms with Crippen LogP contribution in [0.4, 0.5) is 0 Å². The van der Waals surface area contributed by atoms with Gasteiger partial charge in [0.2, 0.25) is 0 Å². The van der Waals surface area contributed by atoms with E-state index in [1.54, 1.807) is 11.3 Å². The van der Waals surface area contributed by atoms with Crippen LogP contribution in [0.15, 0.2) is 16.8 Å². The Kier molecular flexibility index (Phi) is 5.52. The van der Waals surface area contributed by atoms with Gasteiger partial charge in [0.05, 0.1) is 6.61 Å². The van der Waals surface area contributed by atoms with Crippen molar-refractivity contribution in [1.29, 1.82) is 0 Å². The second-order valence-corrected chi connectivity index (χ2v) is 7.70. The number of hydrogen-bond acceptors (Lipinski definition) is 5. The number of nitrogens with zero attached hydrogens (tertiary/aromatic N) is 2. The third kappa shape index (κ3) is 3.54. The summed E-state index contributed by atoms with van der Waals surface area (Å²) in [6.45, 7) is 6.68. The van der Waals surface area contributed by atoms with Gasteiger partial charge >= 0.3 is 0 Å². The normalized spacial score (nSPS) is 26.5. The minimum Gasteiger partial charge on any atom is -0.396 e. The van der Waals surface area contributed by atoms with Gasteiger partial charge in [0.1, 0.15) is 0 Å². The summed E-state index contributed by atoms with van der Waals surface area (Å²) < 4.78 is 0. The summed E-state index contributed by atoms with van der Waals surface area (Å²) in [5.41, 5.74) is 1.72. The van der Waals surface area contributed by atoms with Crippen LogP contribution in [0.5, 0.6) is 0 Å². The fraction of sp³-hybridized carbons (Fsp3) is 0.765. The van der Waals surface area contributed by atoms with Gasteiger partial charge in [-0.1, -0.05) is 0 Å². The number of aliphatic hydroxyl groups is 2. The number of aliphatic hydroxyl groups excluding tert-OH is 2. The first-order valence-electron chi connectivity index (χ1n) is 8.43. The van der Waals surface area contributed by atoms with Crippen LogP contribution in [-0.4, -0.2) is 66.0 Å². The van der Waals surface area contributed by atoms with Crippen molar-refractivity contribution in [2.24, 2.45) is 11.3 Å². The van der Waals surface area contributed by atoms with Crippen LogP contribution >= 0.6 is 11.3 Å². The summed E-state index contributed by atoms with van der Waals surface area (Å²) in [4.78, 5) is 4.87. The van der Waals surface area contributed by atoms with E-state index in [1.807, 2.05) is 0 Å². The molecule has 1 spiro atoms. The second kappa shape index (κ2) is 7.41. The standard InChI is InChI=1S/C17H28N2O2S/c20-9-8-18-5-2-17(3-6-18)4-7-19(12-16(17)13-21)11-15-1-10-22-14-15/h1,10,14,16,20-21H,2-9,11-13H2/t16-/m1/s1. The van der Waals surface area contributed by atoms with Crippen LogP contribution in [0.2, 0.25) is 0 Å². The van der Waals surface area contributed by atoms with E-state index < -0.39 is 0 Å². The Bertz CT molecular complexity index is 444. The smallest absolute Gasteiger partial charge is 0.0558 e. The van der Waals surface area contributed by atoms with E-state index in [9.17, 15) is 5.11 Å². The summed E-state index contributed by atoms with van der Waals surface area (Å²) in [6.07, 6.45) is 3.55. The maximum atomic E-state index is 9.94. The lowest BCUT2D eigenvalue weighted by molar-refractivity contribution is -0.0452. The van der Waals surface area contributed by atoms with Gasteiger partial charge < -0.3 is 15.1 Å². The van der Waals surface area contributed by atoms with E-state index in [4.69, 9.17) is 5.11 Å². The first-order valence-corrected chi connectivity index (χ1v) is 9.37. The topological polar surface area (TPSA) is 46.9 Å². The van der Waals surface area contributed by atoms with Gasteiger partial charge in [0.15, 0.2) is 0 Å². The highest BCUT2D eigenvalue weighted by Gasteiger charge is 2.44. The molecule has 0 amide bonds. The molecule has 1 atom stereocenters.